The van der Waals surface area contributed by atoms with Crippen molar-refractivity contribution < 1.29 is 9.53 Å². The van der Waals surface area contributed by atoms with Gasteiger partial charge in [-0.1, -0.05) is 19.8 Å². The Morgan fingerprint density at radius 3 is 2.59 bits per heavy atom. The first-order valence-electron chi connectivity index (χ1n) is 6.89. The molecule has 17 heavy (non-hydrogen) atoms. The second-order valence-electron chi connectivity index (χ2n) is 4.66. The van der Waals surface area contributed by atoms with E-state index in [0.29, 0.717) is 6.61 Å². The molecule has 1 aliphatic rings. The first-order valence-corrected chi connectivity index (χ1v) is 6.89. The molecule has 0 atom stereocenters. The largest absolute Gasteiger partial charge is 0.372 e. The lowest BCUT2D eigenvalue weighted by molar-refractivity contribution is -0.125. The number of nitrogens with zero attached hydrogens (tertiary/aromatic N) is 1. The smallest absolute Gasteiger partial charge is 0.246 e. The maximum absolute atomic E-state index is 11.4. The SMILES string of the molecule is CCCOCC(=O)NCCN1CCCCCC1. The van der Waals surface area contributed by atoms with Crippen LogP contribution in [0, 0.1) is 0 Å². The third-order valence-electron chi connectivity index (χ3n) is 3.03. The molecule has 0 spiro atoms. The highest BCUT2D eigenvalue weighted by Gasteiger charge is 2.08. The fraction of sp³-hybridized carbons (Fsp3) is 0.923. The van der Waals surface area contributed by atoms with Gasteiger partial charge in [-0.25, -0.2) is 0 Å². The summed E-state index contributed by atoms with van der Waals surface area (Å²) in [6.07, 6.45) is 6.27. The third kappa shape index (κ3) is 7.34. The van der Waals surface area contributed by atoms with E-state index >= 15 is 0 Å². The summed E-state index contributed by atoms with van der Waals surface area (Å²) >= 11 is 0. The lowest BCUT2D eigenvalue weighted by Crippen LogP contribution is -2.36. The minimum Gasteiger partial charge on any atom is -0.372 e. The summed E-state index contributed by atoms with van der Waals surface area (Å²) in [5.74, 6) is 0.00766. The van der Waals surface area contributed by atoms with Gasteiger partial charge in [0.2, 0.25) is 5.91 Å². The molecule has 0 aromatic heterocycles. The molecule has 1 amide bonds. The Kier molecular flexibility index (Phi) is 8.01. The van der Waals surface area contributed by atoms with Crippen LogP contribution in [0.25, 0.3) is 0 Å². The molecule has 4 nitrogen and oxygen atoms in total. The van der Waals surface area contributed by atoms with Gasteiger partial charge in [0, 0.05) is 19.7 Å². The highest BCUT2D eigenvalue weighted by atomic mass is 16.5. The molecule has 0 aromatic rings. The first kappa shape index (κ1) is 14.5. The molecule has 0 bridgehead atoms. The molecule has 1 N–H and O–H groups in total. The van der Waals surface area contributed by atoms with E-state index in [9.17, 15) is 4.79 Å². The molecular weight excluding hydrogens is 216 g/mol. The van der Waals surface area contributed by atoms with E-state index in [2.05, 4.69) is 10.2 Å². The quantitative estimate of drug-likeness (QED) is 0.686. The number of rotatable bonds is 7. The summed E-state index contributed by atoms with van der Waals surface area (Å²) in [4.78, 5) is 13.8. The van der Waals surface area contributed by atoms with Gasteiger partial charge in [-0.3, -0.25) is 4.79 Å². The molecule has 4 heteroatoms. The van der Waals surface area contributed by atoms with Gasteiger partial charge in [0.15, 0.2) is 0 Å². The molecular formula is C13H26N2O2. The average Bonchev–Trinajstić information content (AvgIpc) is 2.58. The van der Waals surface area contributed by atoms with E-state index in [4.69, 9.17) is 4.74 Å². The van der Waals surface area contributed by atoms with Gasteiger partial charge in [0.1, 0.15) is 6.61 Å². The highest BCUT2D eigenvalue weighted by Crippen LogP contribution is 2.08. The van der Waals surface area contributed by atoms with Crippen LogP contribution in [0.5, 0.6) is 0 Å². The van der Waals surface area contributed by atoms with Gasteiger partial charge in [0.05, 0.1) is 0 Å². The first-order chi connectivity index (χ1) is 8.33. The van der Waals surface area contributed by atoms with Crippen LogP contribution >= 0.6 is 0 Å². The van der Waals surface area contributed by atoms with Crippen molar-refractivity contribution >= 4 is 5.91 Å². The number of hydrogen-bond acceptors (Lipinski definition) is 3. The Balaban J connectivity index is 1.99. The summed E-state index contributed by atoms with van der Waals surface area (Å²) in [7, 11) is 0. The average molecular weight is 242 g/mol. The molecule has 0 saturated carbocycles. The van der Waals surface area contributed by atoms with E-state index < -0.39 is 0 Å². The molecule has 0 radical (unpaired) electrons. The van der Waals surface area contributed by atoms with Crippen LogP contribution in [0.1, 0.15) is 39.0 Å². The monoisotopic (exact) mass is 242 g/mol. The molecule has 0 unspecified atom stereocenters. The Bertz CT molecular complexity index is 202. The molecule has 1 rings (SSSR count). The van der Waals surface area contributed by atoms with Crippen molar-refractivity contribution in [3.63, 3.8) is 0 Å². The van der Waals surface area contributed by atoms with Crippen LogP contribution in [0.2, 0.25) is 0 Å². The van der Waals surface area contributed by atoms with Gasteiger partial charge < -0.3 is 15.0 Å². The van der Waals surface area contributed by atoms with Gasteiger partial charge in [-0.05, 0) is 32.4 Å². The molecule has 100 valence electrons. The van der Waals surface area contributed by atoms with E-state index in [1.807, 2.05) is 6.92 Å². The van der Waals surface area contributed by atoms with Crippen LogP contribution in [-0.2, 0) is 9.53 Å². The number of carbonyl (C=O) groups excluding carboxylic acids is 1. The maximum atomic E-state index is 11.4. The van der Waals surface area contributed by atoms with Gasteiger partial charge in [0.25, 0.3) is 0 Å². The fourth-order valence-electron chi connectivity index (χ4n) is 2.07. The maximum Gasteiger partial charge on any atom is 0.246 e. The third-order valence-corrected chi connectivity index (χ3v) is 3.03. The molecule has 1 heterocycles. The molecule has 1 saturated heterocycles. The van der Waals surface area contributed by atoms with Crippen LogP contribution < -0.4 is 5.32 Å². The number of ether oxygens (including phenoxy) is 1. The number of likely N-dealkylation sites (tertiary alicyclic amines) is 1. The number of amides is 1. The zero-order valence-electron chi connectivity index (χ0n) is 11.0. The van der Waals surface area contributed by atoms with Crippen molar-refractivity contribution in [2.45, 2.75) is 39.0 Å². The summed E-state index contributed by atoms with van der Waals surface area (Å²) in [5, 5.41) is 2.90. The summed E-state index contributed by atoms with van der Waals surface area (Å²) in [6.45, 7) is 6.99. The van der Waals surface area contributed by atoms with Crippen LogP contribution in [0.3, 0.4) is 0 Å². The Labute approximate surface area is 105 Å². The van der Waals surface area contributed by atoms with Crippen molar-refractivity contribution in [3.05, 3.63) is 0 Å². The topological polar surface area (TPSA) is 41.6 Å². The normalized spacial score (nSPS) is 17.7. The lowest BCUT2D eigenvalue weighted by Gasteiger charge is -2.19. The lowest BCUT2D eigenvalue weighted by atomic mass is 10.2. The zero-order chi connectivity index (χ0) is 12.3. The van der Waals surface area contributed by atoms with Crippen molar-refractivity contribution in [1.82, 2.24) is 10.2 Å². The highest BCUT2D eigenvalue weighted by molar-refractivity contribution is 5.77. The van der Waals surface area contributed by atoms with E-state index in [0.717, 1.165) is 19.5 Å². The van der Waals surface area contributed by atoms with Gasteiger partial charge in [-0.2, -0.15) is 0 Å². The van der Waals surface area contributed by atoms with Crippen molar-refractivity contribution in [2.75, 3.05) is 39.4 Å². The van der Waals surface area contributed by atoms with Crippen molar-refractivity contribution in [2.24, 2.45) is 0 Å². The summed E-state index contributed by atoms with van der Waals surface area (Å²) in [6, 6.07) is 0. The molecule has 0 aliphatic carbocycles. The number of carbonyl (C=O) groups is 1. The Morgan fingerprint density at radius 1 is 1.24 bits per heavy atom. The van der Waals surface area contributed by atoms with Gasteiger partial charge in [-0.15, -0.1) is 0 Å². The summed E-state index contributed by atoms with van der Waals surface area (Å²) < 4.78 is 5.18. The second kappa shape index (κ2) is 9.42. The van der Waals surface area contributed by atoms with E-state index in [1.54, 1.807) is 0 Å². The standard InChI is InChI=1S/C13H26N2O2/c1-2-11-17-12-13(16)14-7-10-15-8-5-3-4-6-9-15/h2-12H2,1H3,(H,14,16). The minimum absolute atomic E-state index is 0.00766. The van der Waals surface area contributed by atoms with E-state index in [-0.39, 0.29) is 12.5 Å². The predicted molar refractivity (Wildman–Crippen MR) is 69.0 cm³/mol. The second-order valence-corrected chi connectivity index (χ2v) is 4.66. The number of nitrogens with one attached hydrogen (secondary N) is 1. The molecule has 1 fully saturated rings. The van der Waals surface area contributed by atoms with E-state index in [1.165, 1.54) is 38.8 Å². The minimum atomic E-state index is 0.00766. The Hall–Kier alpha value is -0.610. The van der Waals surface area contributed by atoms with Crippen molar-refractivity contribution in [3.8, 4) is 0 Å². The number of hydrogen-bond donors (Lipinski definition) is 1. The van der Waals surface area contributed by atoms with Crippen LogP contribution in [-0.4, -0.2) is 50.2 Å². The Morgan fingerprint density at radius 2 is 1.94 bits per heavy atom. The molecule has 1 aliphatic heterocycles. The molecule has 0 aromatic carbocycles. The predicted octanol–water partition coefficient (Wildman–Crippen LogP) is 1.41. The van der Waals surface area contributed by atoms with Crippen LogP contribution in [0.4, 0.5) is 0 Å². The zero-order valence-corrected chi connectivity index (χ0v) is 11.0. The van der Waals surface area contributed by atoms with Gasteiger partial charge >= 0.3 is 0 Å². The van der Waals surface area contributed by atoms with Crippen LogP contribution in [0.15, 0.2) is 0 Å². The fourth-order valence-corrected chi connectivity index (χ4v) is 2.07. The van der Waals surface area contributed by atoms with Crippen molar-refractivity contribution in [1.29, 1.82) is 0 Å². The summed E-state index contributed by atoms with van der Waals surface area (Å²) in [5.41, 5.74) is 0.